The third-order valence-electron chi connectivity index (χ3n) is 1.52. The van der Waals surface area contributed by atoms with E-state index in [0.29, 0.717) is 11.2 Å². The van der Waals surface area contributed by atoms with Crippen LogP contribution < -0.4 is 4.90 Å². The van der Waals surface area contributed by atoms with Crippen LogP contribution in [0.25, 0.3) is 11.2 Å². The minimum atomic E-state index is 0.591. The molecule has 6 nitrogen and oxygen atoms in total. The van der Waals surface area contributed by atoms with E-state index in [-0.39, 0.29) is 0 Å². The van der Waals surface area contributed by atoms with Crippen molar-refractivity contribution in [2.24, 2.45) is 0 Å². The Labute approximate surface area is 68.6 Å². The molecule has 0 aliphatic heterocycles. The predicted molar refractivity (Wildman–Crippen MR) is 43.8 cm³/mol. The van der Waals surface area contributed by atoms with Gasteiger partial charge in [0.1, 0.15) is 6.33 Å². The molecular formula is C6H8N6. The van der Waals surface area contributed by atoms with E-state index in [1.807, 2.05) is 19.0 Å². The summed E-state index contributed by atoms with van der Waals surface area (Å²) in [4.78, 5) is 9.88. The summed E-state index contributed by atoms with van der Waals surface area (Å²) in [5.41, 5.74) is 1.29. The number of aromatic nitrogens is 5. The second kappa shape index (κ2) is 2.40. The van der Waals surface area contributed by atoms with E-state index in [4.69, 9.17) is 0 Å². The van der Waals surface area contributed by atoms with Crippen molar-refractivity contribution < 1.29 is 0 Å². The first kappa shape index (κ1) is 6.96. The molecule has 0 saturated carbocycles. The largest absolute Gasteiger partial charge is 0.361 e. The average Bonchev–Trinajstić information content (AvgIpc) is 2.49. The van der Waals surface area contributed by atoms with Gasteiger partial charge in [-0.25, -0.2) is 9.97 Å². The van der Waals surface area contributed by atoms with Crippen molar-refractivity contribution >= 4 is 17.0 Å². The third-order valence-corrected chi connectivity index (χ3v) is 1.52. The first-order chi connectivity index (χ1) is 5.79. The van der Waals surface area contributed by atoms with Crippen molar-refractivity contribution in [2.45, 2.75) is 0 Å². The van der Waals surface area contributed by atoms with E-state index in [1.54, 1.807) is 0 Å². The van der Waals surface area contributed by atoms with Crippen molar-refractivity contribution in [2.75, 3.05) is 19.0 Å². The Hall–Kier alpha value is -1.72. The lowest BCUT2D eigenvalue weighted by Crippen LogP contribution is -2.11. The number of rotatable bonds is 1. The van der Waals surface area contributed by atoms with Gasteiger partial charge >= 0.3 is 0 Å². The Morgan fingerprint density at radius 1 is 1.25 bits per heavy atom. The van der Waals surface area contributed by atoms with Gasteiger partial charge in [-0.05, 0) is 0 Å². The highest BCUT2D eigenvalue weighted by molar-refractivity contribution is 5.81. The molecule has 2 heterocycles. The van der Waals surface area contributed by atoms with Gasteiger partial charge < -0.3 is 4.90 Å². The summed E-state index contributed by atoms with van der Waals surface area (Å²) in [6.45, 7) is 0. The fraction of sp³-hybridized carbons (Fsp3) is 0.333. The molecule has 0 atom stereocenters. The second-order valence-electron chi connectivity index (χ2n) is 2.59. The van der Waals surface area contributed by atoms with Gasteiger partial charge in [0.15, 0.2) is 11.3 Å². The number of nitrogens with zero attached hydrogens (tertiary/aromatic N) is 5. The van der Waals surface area contributed by atoms with Crippen LogP contribution in [-0.2, 0) is 0 Å². The molecule has 0 spiro atoms. The molecule has 0 unspecified atom stereocenters. The quantitative estimate of drug-likeness (QED) is 0.632. The molecule has 0 aromatic carbocycles. The highest BCUT2D eigenvalue weighted by Crippen LogP contribution is 2.15. The van der Waals surface area contributed by atoms with Gasteiger partial charge in [-0.2, -0.15) is 10.3 Å². The Bertz CT molecular complexity index is 392. The molecule has 0 radical (unpaired) electrons. The van der Waals surface area contributed by atoms with Crippen molar-refractivity contribution in [3.05, 3.63) is 6.33 Å². The molecule has 2 aromatic rings. The minimum Gasteiger partial charge on any atom is -0.361 e. The minimum absolute atomic E-state index is 0.591. The SMILES string of the molecule is CN(C)c1ncnc2n[nH]nc12. The lowest BCUT2D eigenvalue weighted by Gasteiger charge is -2.09. The molecule has 0 aliphatic carbocycles. The Kier molecular flexibility index (Phi) is 1.39. The van der Waals surface area contributed by atoms with Crippen molar-refractivity contribution in [3.8, 4) is 0 Å². The van der Waals surface area contributed by atoms with E-state index in [1.165, 1.54) is 6.33 Å². The second-order valence-corrected chi connectivity index (χ2v) is 2.59. The highest BCUT2D eigenvalue weighted by Gasteiger charge is 2.07. The van der Waals surface area contributed by atoms with Crippen molar-refractivity contribution in [1.29, 1.82) is 0 Å². The summed E-state index contributed by atoms with van der Waals surface area (Å²) in [7, 11) is 3.80. The van der Waals surface area contributed by atoms with Crippen LogP contribution in [0.15, 0.2) is 6.33 Å². The van der Waals surface area contributed by atoms with Crippen LogP contribution in [-0.4, -0.2) is 39.5 Å². The van der Waals surface area contributed by atoms with Gasteiger partial charge in [-0.1, -0.05) is 0 Å². The predicted octanol–water partition coefficient (Wildman–Crippen LogP) is -0.186. The number of hydrogen-bond donors (Lipinski definition) is 1. The lowest BCUT2D eigenvalue weighted by atomic mass is 10.5. The van der Waals surface area contributed by atoms with E-state index in [9.17, 15) is 0 Å². The standard InChI is InChI=1S/C6H8N6/c1-12(2)6-4-5(7-3-8-6)10-11-9-4/h3H,1-2H3,(H,7,8,9,10,11). The number of nitrogens with one attached hydrogen (secondary N) is 1. The first-order valence-corrected chi connectivity index (χ1v) is 3.48. The smallest absolute Gasteiger partial charge is 0.206 e. The summed E-state index contributed by atoms with van der Waals surface area (Å²) in [6.07, 6.45) is 1.47. The van der Waals surface area contributed by atoms with Gasteiger partial charge in [-0.3, -0.25) is 0 Å². The van der Waals surface area contributed by atoms with E-state index in [0.717, 1.165) is 5.82 Å². The number of aromatic amines is 1. The molecule has 2 rings (SSSR count). The zero-order valence-corrected chi connectivity index (χ0v) is 6.81. The fourth-order valence-corrected chi connectivity index (χ4v) is 0.992. The van der Waals surface area contributed by atoms with Crippen molar-refractivity contribution in [3.63, 3.8) is 0 Å². The molecule has 0 bridgehead atoms. The topological polar surface area (TPSA) is 70.6 Å². The van der Waals surface area contributed by atoms with Crippen LogP contribution in [0.1, 0.15) is 0 Å². The van der Waals surface area contributed by atoms with Crippen LogP contribution in [0.5, 0.6) is 0 Å². The summed E-state index contributed by atoms with van der Waals surface area (Å²) in [5, 5.41) is 10.3. The van der Waals surface area contributed by atoms with E-state index < -0.39 is 0 Å². The Morgan fingerprint density at radius 2 is 2.08 bits per heavy atom. The summed E-state index contributed by atoms with van der Waals surface area (Å²) < 4.78 is 0. The van der Waals surface area contributed by atoms with Crippen LogP contribution in [0, 0.1) is 0 Å². The molecular weight excluding hydrogens is 156 g/mol. The summed E-state index contributed by atoms with van der Waals surface area (Å²) >= 11 is 0. The zero-order valence-electron chi connectivity index (χ0n) is 6.81. The monoisotopic (exact) mass is 164 g/mol. The molecule has 2 aromatic heterocycles. The Morgan fingerprint density at radius 3 is 2.83 bits per heavy atom. The van der Waals surface area contributed by atoms with Gasteiger partial charge in [0.05, 0.1) is 0 Å². The normalized spacial score (nSPS) is 10.5. The van der Waals surface area contributed by atoms with Crippen LogP contribution in [0.4, 0.5) is 5.82 Å². The molecule has 1 N–H and O–H groups in total. The molecule has 12 heavy (non-hydrogen) atoms. The summed E-state index contributed by atoms with van der Waals surface area (Å²) in [6, 6.07) is 0. The average molecular weight is 164 g/mol. The number of H-pyrrole nitrogens is 1. The van der Waals surface area contributed by atoms with E-state index >= 15 is 0 Å². The summed E-state index contributed by atoms with van der Waals surface area (Å²) in [5.74, 6) is 0.772. The molecule has 0 amide bonds. The first-order valence-electron chi connectivity index (χ1n) is 3.48. The number of fused-ring (bicyclic) bond motifs is 1. The molecule has 0 saturated heterocycles. The maximum absolute atomic E-state index is 4.07. The lowest BCUT2D eigenvalue weighted by molar-refractivity contribution is 0.953. The number of hydrogen-bond acceptors (Lipinski definition) is 5. The van der Waals surface area contributed by atoms with Crippen LogP contribution >= 0.6 is 0 Å². The molecule has 62 valence electrons. The maximum atomic E-state index is 4.07. The van der Waals surface area contributed by atoms with Gasteiger partial charge in [0.25, 0.3) is 0 Å². The van der Waals surface area contributed by atoms with Crippen LogP contribution in [0.3, 0.4) is 0 Å². The molecule has 0 fully saturated rings. The molecule has 6 heteroatoms. The molecule has 0 aliphatic rings. The fourth-order valence-electron chi connectivity index (χ4n) is 0.992. The van der Waals surface area contributed by atoms with Gasteiger partial charge in [0, 0.05) is 14.1 Å². The third kappa shape index (κ3) is 0.884. The number of anilines is 1. The Balaban J connectivity index is 2.73. The maximum Gasteiger partial charge on any atom is 0.206 e. The van der Waals surface area contributed by atoms with Crippen molar-refractivity contribution in [1.82, 2.24) is 25.4 Å². The van der Waals surface area contributed by atoms with Gasteiger partial charge in [-0.15, -0.1) is 5.10 Å². The zero-order chi connectivity index (χ0) is 8.55. The van der Waals surface area contributed by atoms with Crippen LogP contribution in [0.2, 0.25) is 0 Å². The van der Waals surface area contributed by atoms with E-state index in [2.05, 4.69) is 25.4 Å². The highest BCUT2D eigenvalue weighted by atomic mass is 15.4. The van der Waals surface area contributed by atoms with Gasteiger partial charge in [0.2, 0.25) is 5.65 Å².